The predicted octanol–water partition coefficient (Wildman–Crippen LogP) is 4.84. The minimum absolute atomic E-state index is 0.295. The Labute approximate surface area is 180 Å². The fourth-order valence-electron chi connectivity index (χ4n) is 2.96. The largest absolute Gasteiger partial charge is 0.422 e. The van der Waals surface area contributed by atoms with Crippen LogP contribution in [-0.2, 0) is 6.18 Å². The quantitative estimate of drug-likeness (QED) is 0.168. The standard InChI is InChI=1S/C19H8F7N2O4P/c20-14-13(19(24,25)26)15(21)17(23)18(16(14)22)33(11-5-1-3-9(7-11)27(29)30)12-6-2-4-10(8-12)28(31)32/h1-8H. The number of benzene rings is 3. The first kappa shape index (κ1) is 24.1. The molecule has 0 saturated heterocycles. The third-order valence-electron chi connectivity index (χ3n) is 4.34. The number of hydrogen-bond acceptors (Lipinski definition) is 4. The molecular weight excluding hydrogens is 484 g/mol. The molecule has 14 heteroatoms. The Morgan fingerprint density at radius 1 is 0.697 bits per heavy atom. The average molecular weight is 492 g/mol. The first-order chi connectivity index (χ1) is 15.3. The van der Waals surface area contributed by atoms with E-state index in [1.165, 1.54) is 0 Å². The van der Waals surface area contributed by atoms with Crippen molar-refractivity contribution in [2.45, 2.75) is 6.18 Å². The summed E-state index contributed by atoms with van der Waals surface area (Å²) < 4.78 is 97.2. The van der Waals surface area contributed by atoms with Gasteiger partial charge in [-0.2, -0.15) is 13.2 Å². The van der Waals surface area contributed by atoms with E-state index in [0.717, 1.165) is 48.5 Å². The number of halogens is 7. The van der Waals surface area contributed by atoms with Crippen LogP contribution in [0.5, 0.6) is 0 Å². The Balaban J connectivity index is 2.41. The SMILES string of the molecule is O=[N+]([O-])c1cccc(P(c2cccc([N+](=O)[O-])c2)c2c(F)c(F)c(C(F)(F)F)c(F)c2F)c1. The first-order valence-corrected chi connectivity index (χ1v) is 9.91. The maximum absolute atomic E-state index is 14.8. The Hall–Kier alpha value is -3.60. The average Bonchev–Trinajstić information content (AvgIpc) is 2.74. The highest BCUT2D eigenvalue weighted by Gasteiger charge is 2.43. The highest BCUT2D eigenvalue weighted by molar-refractivity contribution is 7.79. The lowest BCUT2D eigenvalue weighted by Gasteiger charge is -2.22. The molecule has 0 fully saturated rings. The molecule has 0 aliphatic heterocycles. The van der Waals surface area contributed by atoms with E-state index < -0.39 is 69.5 Å². The van der Waals surface area contributed by atoms with Gasteiger partial charge < -0.3 is 0 Å². The molecule has 0 radical (unpaired) electrons. The number of alkyl halides is 3. The minimum Gasteiger partial charge on any atom is -0.258 e. The molecule has 3 rings (SSSR count). The summed E-state index contributed by atoms with van der Waals surface area (Å²) in [5.74, 6) is -10.2. The normalized spacial score (nSPS) is 11.6. The van der Waals surface area contributed by atoms with Crippen LogP contribution in [0.1, 0.15) is 5.56 Å². The van der Waals surface area contributed by atoms with Crippen LogP contribution in [0.15, 0.2) is 48.5 Å². The lowest BCUT2D eigenvalue weighted by atomic mass is 10.1. The number of nitrogens with zero attached hydrogens (tertiary/aromatic N) is 2. The molecule has 33 heavy (non-hydrogen) atoms. The van der Waals surface area contributed by atoms with E-state index in [2.05, 4.69) is 0 Å². The van der Waals surface area contributed by atoms with Crippen LogP contribution in [0.25, 0.3) is 0 Å². The van der Waals surface area contributed by atoms with E-state index in [1.807, 2.05) is 0 Å². The molecule has 172 valence electrons. The number of non-ortho nitro benzene ring substituents is 2. The van der Waals surface area contributed by atoms with Gasteiger partial charge in [0.25, 0.3) is 11.4 Å². The Bertz CT molecular complexity index is 1200. The summed E-state index contributed by atoms with van der Waals surface area (Å²) in [6.45, 7) is 0. The van der Waals surface area contributed by atoms with Crippen LogP contribution >= 0.6 is 7.92 Å². The molecule has 0 spiro atoms. The third-order valence-corrected chi connectivity index (χ3v) is 6.77. The summed E-state index contributed by atoms with van der Waals surface area (Å²) in [4.78, 5) is 20.5. The van der Waals surface area contributed by atoms with Crippen LogP contribution < -0.4 is 15.9 Å². The van der Waals surface area contributed by atoms with Crippen molar-refractivity contribution >= 4 is 35.2 Å². The van der Waals surface area contributed by atoms with Gasteiger partial charge in [0.15, 0.2) is 23.3 Å². The van der Waals surface area contributed by atoms with Crippen molar-refractivity contribution in [3.8, 4) is 0 Å². The molecule has 0 aliphatic carbocycles. The molecule has 3 aromatic carbocycles. The zero-order valence-corrected chi connectivity index (χ0v) is 16.6. The number of rotatable bonds is 5. The Morgan fingerprint density at radius 3 is 1.42 bits per heavy atom. The predicted molar refractivity (Wildman–Crippen MR) is 103 cm³/mol. The molecule has 0 aliphatic rings. The Morgan fingerprint density at radius 2 is 1.09 bits per heavy atom. The molecule has 6 nitrogen and oxygen atoms in total. The second-order valence-corrected chi connectivity index (χ2v) is 8.52. The van der Waals surface area contributed by atoms with Crippen LogP contribution in [0, 0.1) is 43.5 Å². The van der Waals surface area contributed by atoms with Crippen LogP contribution in [0.2, 0.25) is 0 Å². The summed E-state index contributed by atoms with van der Waals surface area (Å²) in [6, 6.07) is 7.91. The summed E-state index contributed by atoms with van der Waals surface area (Å²) in [7, 11) is -2.86. The summed E-state index contributed by atoms with van der Waals surface area (Å²) in [6.07, 6.45) is -5.77. The van der Waals surface area contributed by atoms with E-state index >= 15 is 0 Å². The molecule has 0 saturated carbocycles. The smallest absolute Gasteiger partial charge is 0.258 e. The van der Waals surface area contributed by atoms with Crippen molar-refractivity contribution in [2.24, 2.45) is 0 Å². The molecule has 0 N–H and O–H groups in total. The zero-order valence-electron chi connectivity index (χ0n) is 15.7. The fourth-order valence-corrected chi connectivity index (χ4v) is 5.36. The van der Waals surface area contributed by atoms with Crippen molar-refractivity contribution in [2.75, 3.05) is 0 Å². The van der Waals surface area contributed by atoms with E-state index in [0.29, 0.717) is 0 Å². The monoisotopic (exact) mass is 492 g/mol. The lowest BCUT2D eigenvalue weighted by molar-refractivity contribution is -0.384. The molecule has 0 unspecified atom stereocenters. The van der Waals surface area contributed by atoms with Gasteiger partial charge in [-0.15, -0.1) is 0 Å². The van der Waals surface area contributed by atoms with E-state index in [4.69, 9.17) is 0 Å². The van der Waals surface area contributed by atoms with E-state index in [1.54, 1.807) is 0 Å². The van der Waals surface area contributed by atoms with Gasteiger partial charge in [-0.3, -0.25) is 20.2 Å². The highest BCUT2D eigenvalue weighted by Crippen LogP contribution is 2.41. The van der Waals surface area contributed by atoms with Crippen LogP contribution in [-0.4, -0.2) is 9.85 Å². The fraction of sp³-hybridized carbons (Fsp3) is 0.0526. The number of nitro groups is 2. The third kappa shape index (κ3) is 4.49. The summed E-state index contributed by atoms with van der Waals surface area (Å²) in [5, 5.41) is 20.2. The molecule has 0 atom stereocenters. The first-order valence-electron chi connectivity index (χ1n) is 8.56. The zero-order chi connectivity index (χ0) is 24.7. The number of hydrogen-bond donors (Lipinski definition) is 0. The molecule has 0 amide bonds. The molecule has 0 bridgehead atoms. The maximum atomic E-state index is 14.8. The van der Waals surface area contributed by atoms with Crippen LogP contribution in [0.4, 0.5) is 42.1 Å². The summed E-state index contributed by atoms with van der Waals surface area (Å²) >= 11 is 0. The van der Waals surface area contributed by atoms with Gasteiger partial charge in [-0.25, -0.2) is 17.6 Å². The van der Waals surface area contributed by atoms with Gasteiger partial charge in [0, 0.05) is 24.3 Å². The van der Waals surface area contributed by atoms with Gasteiger partial charge in [-0.05, 0) is 18.5 Å². The van der Waals surface area contributed by atoms with Gasteiger partial charge >= 0.3 is 6.18 Å². The van der Waals surface area contributed by atoms with Crippen molar-refractivity contribution in [3.63, 3.8) is 0 Å². The van der Waals surface area contributed by atoms with Crippen molar-refractivity contribution in [3.05, 3.63) is 97.6 Å². The molecule has 0 heterocycles. The second-order valence-electron chi connectivity index (χ2n) is 6.37. The Kier molecular flexibility index (Phi) is 6.37. The summed E-state index contributed by atoms with van der Waals surface area (Å²) in [5.41, 5.74) is -3.98. The molecular formula is C19H8F7N2O4P. The van der Waals surface area contributed by atoms with Crippen molar-refractivity contribution in [1.29, 1.82) is 0 Å². The lowest BCUT2D eigenvalue weighted by Crippen LogP contribution is -2.30. The van der Waals surface area contributed by atoms with Gasteiger partial charge in [-0.1, -0.05) is 24.3 Å². The van der Waals surface area contributed by atoms with Gasteiger partial charge in [0.05, 0.1) is 15.2 Å². The topological polar surface area (TPSA) is 86.3 Å². The van der Waals surface area contributed by atoms with Crippen molar-refractivity contribution < 1.29 is 40.6 Å². The second kappa shape index (κ2) is 8.74. The van der Waals surface area contributed by atoms with E-state index in [-0.39, 0.29) is 10.6 Å². The van der Waals surface area contributed by atoms with Gasteiger partial charge in [0.2, 0.25) is 0 Å². The van der Waals surface area contributed by atoms with Crippen molar-refractivity contribution in [1.82, 2.24) is 0 Å². The van der Waals surface area contributed by atoms with E-state index in [9.17, 15) is 51.0 Å². The van der Waals surface area contributed by atoms with Gasteiger partial charge in [0.1, 0.15) is 5.56 Å². The van der Waals surface area contributed by atoms with Crippen LogP contribution in [0.3, 0.4) is 0 Å². The molecule has 3 aromatic rings. The maximum Gasteiger partial charge on any atom is 0.422 e. The number of nitro benzene ring substituents is 2. The minimum atomic E-state index is -5.77. The highest BCUT2D eigenvalue weighted by atomic mass is 31.1. The molecule has 0 aromatic heterocycles.